The number of rotatable bonds is 15. The van der Waals surface area contributed by atoms with Gasteiger partial charge >= 0.3 is 0 Å². The van der Waals surface area contributed by atoms with Crippen molar-refractivity contribution in [3.63, 3.8) is 0 Å². The molecule has 0 aliphatic carbocycles. The lowest BCUT2D eigenvalue weighted by molar-refractivity contribution is 0.475. The molecule has 4 nitrogen and oxygen atoms in total. The molecule has 166 valence electrons. The van der Waals surface area contributed by atoms with Gasteiger partial charge in [-0.25, -0.2) is 8.42 Å². The van der Waals surface area contributed by atoms with E-state index < -0.39 is 10.0 Å². The maximum absolute atomic E-state index is 12.5. The van der Waals surface area contributed by atoms with Gasteiger partial charge in [-0.1, -0.05) is 64.7 Å². The maximum atomic E-state index is 12.5. The normalized spacial score (nSPS) is 11.5. The molecule has 2 rings (SSSR count). The lowest BCUT2D eigenvalue weighted by Gasteiger charge is -2.09. The molecule has 0 aliphatic rings. The molecule has 0 bridgehead atoms. The molecule has 0 heterocycles. The van der Waals surface area contributed by atoms with E-state index in [9.17, 15) is 13.5 Å². The summed E-state index contributed by atoms with van der Waals surface area (Å²) in [6.07, 6.45) is 13.3. The number of phenols is 1. The molecule has 0 saturated heterocycles. The first-order valence-corrected chi connectivity index (χ1v) is 13.5. The Kier molecular flexibility index (Phi) is 11.2. The fourth-order valence-corrected chi connectivity index (χ4v) is 5.21. The molecule has 0 radical (unpaired) electrons. The number of hydrogen-bond donors (Lipinski definition) is 2. The van der Waals surface area contributed by atoms with Crippen molar-refractivity contribution in [2.24, 2.45) is 0 Å². The standard InChI is InChI=1S/C24H35NO3S2/c1-2-3-4-5-6-7-8-9-10-11-20-29-23-16-18-24(19-17-23)30(27,28)25-21-12-14-22(26)15-13-21/h12-19,25-26H,2-11,20H2,1H3. The van der Waals surface area contributed by atoms with Gasteiger partial charge < -0.3 is 5.11 Å². The van der Waals surface area contributed by atoms with Crippen LogP contribution in [0.2, 0.25) is 0 Å². The minimum Gasteiger partial charge on any atom is -0.508 e. The van der Waals surface area contributed by atoms with E-state index in [-0.39, 0.29) is 10.6 Å². The fourth-order valence-electron chi connectivity index (χ4n) is 3.24. The predicted molar refractivity (Wildman–Crippen MR) is 128 cm³/mol. The molecule has 0 aromatic heterocycles. The second-order valence-corrected chi connectivity index (χ2v) is 10.5. The Balaban J connectivity index is 1.64. The van der Waals surface area contributed by atoms with Crippen LogP contribution in [0.25, 0.3) is 0 Å². The first kappa shape index (κ1) is 24.6. The summed E-state index contributed by atoms with van der Waals surface area (Å²) < 4.78 is 27.5. The first-order valence-electron chi connectivity index (χ1n) is 11.1. The topological polar surface area (TPSA) is 66.4 Å². The minimum absolute atomic E-state index is 0.0988. The summed E-state index contributed by atoms with van der Waals surface area (Å²) in [5.74, 6) is 1.16. The highest BCUT2D eigenvalue weighted by molar-refractivity contribution is 7.99. The van der Waals surface area contributed by atoms with Gasteiger partial charge in [0.15, 0.2) is 0 Å². The Morgan fingerprint density at radius 1 is 0.767 bits per heavy atom. The molecule has 6 heteroatoms. The zero-order valence-corrected chi connectivity index (χ0v) is 19.6. The molecule has 0 saturated carbocycles. The molecular formula is C24H35NO3S2. The van der Waals surface area contributed by atoms with Gasteiger partial charge in [0, 0.05) is 10.6 Å². The van der Waals surface area contributed by atoms with E-state index in [1.807, 2.05) is 12.1 Å². The van der Waals surface area contributed by atoms with E-state index in [1.165, 1.54) is 88.5 Å². The second kappa shape index (κ2) is 13.6. The highest BCUT2D eigenvalue weighted by Gasteiger charge is 2.14. The van der Waals surface area contributed by atoms with Gasteiger partial charge in [-0.3, -0.25) is 4.72 Å². The van der Waals surface area contributed by atoms with Crippen molar-refractivity contribution in [2.75, 3.05) is 10.5 Å². The Morgan fingerprint density at radius 2 is 1.30 bits per heavy atom. The Hall–Kier alpha value is -1.66. The zero-order chi connectivity index (χ0) is 21.7. The number of aromatic hydroxyl groups is 1. The van der Waals surface area contributed by atoms with E-state index in [2.05, 4.69) is 11.6 Å². The third-order valence-corrected chi connectivity index (χ3v) is 7.52. The molecule has 30 heavy (non-hydrogen) atoms. The average molecular weight is 450 g/mol. The number of phenolic OH excluding ortho intramolecular Hbond substituents is 1. The van der Waals surface area contributed by atoms with E-state index in [1.54, 1.807) is 23.9 Å². The molecular weight excluding hydrogens is 414 g/mol. The van der Waals surface area contributed by atoms with E-state index in [4.69, 9.17) is 0 Å². The van der Waals surface area contributed by atoms with Crippen molar-refractivity contribution in [3.8, 4) is 5.75 Å². The van der Waals surface area contributed by atoms with Gasteiger partial charge in [-0.05, 0) is 60.7 Å². The van der Waals surface area contributed by atoms with Crippen LogP contribution < -0.4 is 4.72 Å². The van der Waals surface area contributed by atoms with Crippen molar-refractivity contribution in [2.45, 2.75) is 80.9 Å². The summed E-state index contributed by atoms with van der Waals surface area (Å²) in [7, 11) is -3.63. The minimum atomic E-state index is -3.63. The second-order valence-electron chi connectivity index (χ2n) is 7.65. The third kappa shape index (κ3) is 9.43. The summed E-state index contributed by atoms with van der Waals surface area (Å²) in [6.45, 7) is 2.26. The van der Waals surface area contributed by atoms with Crippen LogP contribution >= 0.6 is 11.8 Å². The largest absolute Gasteiger partial charge is 0.508 e. The molecule has 0 aliphatic heterocycles. The quantitative estimate of drug-likeness (QED) is 0.171. The number of hydrogen-bond acceptors (Lipinski definition) is 4. The Bertz CT molecular complexity index is 819. The van der Waals surface area contributed by atoms with Crippen molar-refractivity contribution in [1.82, 2.24) is 0 Å². The number of sulfonamides is 1. The van der Waals surface area contributed by atoms with Crippen molar-refractivity contribution < 1.29 is 13.5 Å². The monoisotopic (exact) mass is 449 g/mol. The summed E-state index contributed by atoms with van der Waals surface area (Å²) in [6, 6.07) is 13.0. The zero-order valence-electron chi connectivity index (χ0n) is 18.0. The number of benzene rings is 2. The fraction of sp³-hybridized carbons (Fsp3) is 0.500. The highest BCUT2D eigenvalue weighted by atomic mass is 32.2. The molecule has 2 aromatic rings. The van der Waals surface area contributed by atoms with Gasteiger partial charge in [0.2, 0.25) is 0 Å². The van der Waals surface area contributed by atoms with Crippen molar-refractivity contribution in [1.29, 1.82) is 0 Å². The first-order chi connectivity index (χ1) is 14.5. The molecule has 0 atom stereocenters. The number of unbranched alkanes of at least 4 members (excludes halogenated alkanes) is 9. The Labute approximate surface area is 186 Å². The van der Waals surface area contributed by atoms with Crippen LogP contribution in [0.5, 0.6) is 5.75 Å². The van der Waals surface area contributed by atoms with Gasteiger partial charge in [0.1, 0.15) is 5.75 Å². The molecule has 0 amide bonds. The average Bonchev–Trinajstić information content (AvgIpc) is 2.74. The van der Waals surface area contributed by atoms with Crippen LogP contribution in [0.15, 0.2) is 58.3 Å². The molecule has 2 aromatic carbocycles. The van der Waals surface area contributed by atoms with Crippen LogP contribution in [0.4, 0.5) is 5.69 Å². The molecule has 0 spiro atoms. The van der Waals surface area contributed by atoms with Crippen LogP contribution in [0.1, 0.15) is 71.1 Å². The molecule has 0 unspecified atom stereocenters. The van der Waals surface area contributed by atoms with Gasteiger partial charge in [0.05, 0.1) is 4.90 Å². The van der Waals surface area contributed by atoms with Crippen molar-refractivity contribution in [3.05, 3.63) is 48.5 Å². The number of anilines is 1. The van der Waals surface area contributed by atoms with E-state index >= 15 is 0 Å². The summed E-state index contributed by atoms with van der Waals surface area (Å²) >= 11 is 1.78. The number of nitrogens with one attached hydrogen (secondary N) is 1. The summed E-state index contributed by atoms with van der Waals surface area (Å²) in [5, 5.41) is 9.30. The Morgan fingerprint density at radius 3 is 1.87 bits per heavy atom. The summed E-state index contributed by atoms with van der Waals surface area (Å²) in [5.41, 5.74) is 0.423. The molecule has 0 fully saturated rings. The SMILES string of the molecule is CCCCCCCCCCCCSc1ccc(S(=O)(=O)Nc2ccc(O)cc2)cc1. The number of thioether (sulfide) groups is 1. The van der Waals surface area contributed by atoms with Gasteiger partial charge in [-0.15, -0.1) is 11.8 Å². The smallest absolute Gasteiger partial charge is 0.261 e. The maximum Gasteiger partial charge on any atom is 0.261 e. The molecule has 2 N–H and O–H groups in total. The van der Waals surface area contributed by atoms with Gasteiger partial charge in [-0.2, -0.15) is 0 Å². The predicted octanol–water partition coefficient (Wildman–Crippen LogP) is 7.21. The van der Waals surface area contributed by atoms with Crippen molar-refractivity contribution >= 4 is 27.5 Å². The van der Waals surface area contributed by atoms with Crippen LogP contribution in [-0.2, 0) is 10.0 Å². The van der Waals surface area contributed by atoms with Gasteiger partial charge in [0.25, 0.3) is 10.0 Å². The van der Waals surface area contributed by atoms with Crippen LogP contribution in [-0.4, -0.2) is 19.3 Å². The van der Waals surface area contributed by atoms with Crippen LogP contribution in [0.3, 0.4) is 0 Å². The lowest BCUT2D eigenvalue weighted by Crippen LogP contribution is -2.12. The highest BCUT2D eigenvalue weighted by Crippen LogP contribution is 2.24. The summed E-state index contributed by atoms with van der Waals surface area (Å²) in [4.78, 5) is 1.33. The van der Waals surface area contributed by atoms with E-state index in [0.29, 0.717) is 5.69 Å². The van der Waals surface area contributed by atoms with E-state index in [0.717, 1.165) is 10.6 Å². The third-order valence-electron chi connectivity index (χ3n) is 5.02. The lowest BCUT2D eigenvalue weighted by atomic mass is 10.1. The van der Waals surface area contributed by atoms with Crippen LogP contribution in [0, 0.1) is 0 Å².